The highest BCUT2D eigenvalue weighted by Crippen LogP contribution is 2.60. The highest BCUT2D eigenvalue weighted by molar-refractivity contribution is 6.23. The van der Waals surface area contributed by atoms with Gasteiger partial charge in [0, 0.05) is 6.20 Å². The molecule has 22 heavy (non-hydrogen) atoms. The molecule has 2 amide bonds. The van der Waals surface area contributed by atoms with E-state index >= 15 is 0 Å². The maximum atomic E-state index is 12.9. The number of anilines is 1. The van der Waals surface area contributed by atoms with Gasteiger partial charge in [0.15, 0.2) is 5.69 Å². The lowest BCUT2D eigenvalue weighted by molar-refractivity contribution is -0.129. The van der Waals surface area contributed by atoms with Crippen LogP contribution in [0.3, 0.4) is 0 Å². The van der Waals surface area contributed by atoms with Crippen LogP contribution in [-0.4, -0.2) is 28.0 Å². The lowest BCUT2D eigenvalue weighted by Gasteiger charge is -2.27. The van der Waals surface area contributed by atoms with Crippen molar-refractivity contribution in [2.45, 2.75) is 37.9 Å². The summed E-state index contributed by atoms with van der Waals surface area (Å²) < 4.78 is 6.05. The van der Waals surface area contributed by atoms with Crippen molar-refractivity contribution in [1.29, 1.82) is 5.26 Å². The van der Waals surface area contributed by atoms with Crippen molar-refractivity contribution in [3.63, 3.8) is 0 Å². The molecule has 6 nitrogen and oxygen atoms in total. The number of hydrogen-bond donors (Lipinski definition) is 0. The first-order valence-electron chi connectivity index (χ1n) is 7.34. The Morgan fingerprint density at radius 2 is 1.86 bits per heavy atom. The second-order valence-electron chi connectivity index (χ2n) is 6.68. The predicted octanol–water partition coefficient (Wildman–Crippen LogP) is 1.40. The molecule has 0 N–H and O–H groups in total. The minimum Gasteiger partial charge on any atom is -0.367 e. The number of carbonyl (C=O) groups is 2. The molecule has 3 saturated heterocycles. The molecule has 4 atom stereocenters. The third-order valence-electron chi connectivity index (χ3n) is 5.34. The highest BCUT2D eigenvalue weighted by Gasteiger charge is 2.72. The summed E-state index contributed by atoms with van der Waals surface area (Å²) in [7, 11) is 0. The zero-order chi connectivity index (χ0) is 15.7. The molecular formula is C16H15N3O3. The number of hydrogen-bond acceptors (Lipinski definition) is 5. The van der Waals surface area contributed by atoms with E-state index < -0.39 is 23.0 Å². The second-order valence-corrected chi connectivity index (χ2v) is 6.68. The highest BCUT2D eigenvalue weighted by atomic mass is 16.5. The summed E-state index contributed by atoms with van der Waals surface area (Å²) >= 11 is 0. The number of fused-ring (bicyclic) bond motifs is 5. The smallest absolute Gasteiger partial charge is 0.240 e. The van der Waals surface area contributed by atoms with E-state index in [4.69, 9.17) is 4.74 Å². The van der Waals surface area contributed by atoms with E-state index in [9.17, 15) is 14.9 Å². The van der Waals surface area contributed by atoms with Gasteiger partial charge in [-0.25, -0.2) is 9.88 Å². The molecule has 3 aliphatic heterocycles. The first kappa shape index (κ1) is 13.4. The molecule has 0 radical (unpaired) electrons. The Labute approximate surface area is 127 Å². The normalized spacial score (nSPS) is 39.2. The molecule has 3 fully saturated rings. The standard InChI is InChI=1S/C16H15N3O3/c1-15-5-6-16(2,22-15)12-11(15)13(20)19(14(12)21)10-4-3-7-18-9(10)8-17/h3-4,7,11-12H,5-6H2,1-2H3. The van der Waals surface area contributed by atoms with E-state index in [0.717, 1.165) is 17.7 Å². The average molecular weight is 297 g/mol. The number of nitrogens with zero attached hydrogens (tertiary/aromatic N) is 3. The van der Waals surface area contributed by atoms with Crippen molar-refractivity contribution >= 4 is 17.5 Å². The van der Waals surface area contributed by atoms with Crippen LogP contribution in [0.2, 0.25) is 0 Å². The van der Waals surface area contributed by atoms with Crippen LogP contribution >= 0.6 is 0 Å². The molecule has 112 valence electrons. The van der Waals surface area contributed by atoms with Crippen LogP contribution in [0.4, 0.5) is 5.69 Å². The fourth-order valence-corrected chi connectivity index (χ4v) is 4.37. The maximum absolute atomic E-state index is 12.9. The van der Waals surface area contributed by atoms with Crippen LogP contribution in [0.1, 0.15) is 32.4 Å². The van der Waals surface area contributed by atoms with Gasteiger partial charge in [0.2, 0.25) is 11.8 Å². The zero-order valence-corrected chi connectivity index (χ0v) is 12.4. The monoisotopic (exact) mass is 297 g/mol. The second kappa shape index (κ2) is 3.93. The molecule has 2 bridgehead atoms. The van der Waals surface area contributed by atoms with Gasteiger partial charge in [-0.1, -0.05) is 0 Å². The van der Waals surface area contributed by atoms with Gasteiger partial charge in [-0.3, -0.25) is 9.59 Å². The third kappa shape index (κ3) is 1.39. The fourth-order valence-electron chi connectivity index (χ4n) is 4.37. The van der Waals surface area contributed by atoms with Crippen molar-refractivity contribution in [1.82, 2.24) is 4.98 Å². The number of rotatable bonds is 1. The topological polar surface area (TPSA) is 83.3 Å². The summed E-state index contributed by atoms with van der Waals surface area (Å²) in [5, 5.41) is 9.19. The number of imide groups is 1. The Balaban J connectivity index is 1.84. The van der Waals surface area contributed by atoms with Crippen LogP contribution < -0.4 is 4.90 Å². The number of pyridine rings is 1. The largest absolute Gasteiger partial charge is 0.367 e. The number of nitriles is 1. The predicted molar refractivity (Wildman–Crippen MR) is 75.6 cm³/mol. The minimum atomic E-state index is -0.587. The van der Waals surface area contributed by atoms with Gasteiger partial charge in [0.05, 0.1) is 28.7 Å². The SMILES string of the molecule is CC12CCC(C)(O1)C1C(=O)N(c3cccnc3C#N)C(=O)C12. The number of amides is 2. The van der Waals surface area contributed by atoms with Gasteiger partial charge < -0.3 is 4.74 Å². The molecule has 3 aliphatic rings. The van der Waals surface area contributed by atoms with Crippen molar-refractivity contribution in [2.75, 3.05) is 4.90 Å². The Morgan fingerprint density at radius 3 is 2.41 bits per heavy atom. The average Bonchev–Trinajstić information content (AvgIpc) is 3.04. The zero-order valence-electron chi connectivity index (χ0n) is 12.4. The molecular weight excluding hydrogens is 282 g/mol. The Hall–Kier alpha value is -2.26. The van der Waals surface area contributed by atoms with E-state index in [2.05, 4.69) is 4.98 Å². The van der Waals surface area contributed by atoms with Crippen molar-refractivity contribution in [2.24, 2.45) is 11.8 Å². The van der Waals surface area contributed by atoms with Crippen LogP contribution in [0.5, 0.6) is 0 Å². The van der Waals surface area contributed by atoms with Gasteiger partial charge >= 0.3 is 0 Å². The molecule has 0 spiro atoms. The summed E-state index contributed by atoms with van der Waals surface area (Å²) in [6, 6.07) is 5.17. The Bertz CT molecular complexity index is 721. The molecule has 0 aromatic carbocycles. The van der Waals surface area contributed by atoms with E-state index in [0.29, 0.717) is 0 Å². The molecule has 1 aromatic heterocycles. The van der Waals surface area contributed by atoms with Gasteiger partial charge in [0.25, 0.3) is 0 Å². The van der Waals surface area contributed by atoms with Gasteiger partial charge in [-0.15, -0.1) is 0 Å². The van der Waals surface area contributed by atoms with Crippen molar-refractivity contribution in [3.8, 4) is 6.07 Å². The number of aromatic nitrogens is 1. The summed E-state index contributed by atoms with van der Waals surface area (Å²) in [5.74, 6) is -1.48. The van der Waals surface area contributed by atoms with Crippen LogP contribution in [0.25, 0.3) is 0 Å². The lowest BCUT2D eigenvalue weighted by atomic mass is 9.69. The number of carbonyl (C=O) groups excluding carboxylic acids is 2. The summed E-state index contributed by atoms with van der Waals surface area (Å²) in [6.07, 6.45) is 3.02. The molecule has 0 saturated carbocycles. The number of ether oxygens (including phenoxy) is 1. The van der Waals surface area contributed by atoms with E-state index in [1.165, 1.54) is 6.20 Å². The van der Waals surface area contributed by atoms with Crippen molar-refractivity contribution in [3.05, 3.63) is 24.0 Å². The molecule has 6 heteroatoms. The molecule has 0 aliphatic carbocycles. The summed E-state index contributed by atoms with van der Waals surface area (Å²) in [4.78, 5) is 30.9. The summed E-state index contributed by atoms with van der Waals surface area (Å²) in [5.41, 5.74) is -0.806. The molecule has 4 heterocycles. The minimum absolute atomic E-state index is 0.0905. The van der Waals surface area contributed by atoms with E-state index in [-0.39, 0.29) is 23.2 Å². The third-order valence-corrected chi connectivity index (χ3v) is 5.34. The van der Waals surface area contributed by atoms with Crippen molar-refractivity contribution < 1.29 is 14.3 Å². The first-order valence-corrected chi connectivity index (χ1v) is 7.34. The maximum Gasteiger partial charge on any atom is 0.240 e. The van der Waals surface area contributed by atoms with Gasteiger partial charge in [-0.05, 0) is 38.8 Å². The van der Waals surface area contributed by atoms with Crippen LogP contribution in [0, 0.1) is 23.2 Å². The van der Waals surface area contributed by atoms with Gasteiger partial charge in [-0.2, -0.15) is 5.26 Å². The molecule has 4 rings (SSSR count). The molecule has 1 aromatic rings. The quantitative estimate of drug-likeness (QED) is 0.732. The Kier molecular flexibility index (Phi) is 2.39. The molecule has 4 unspecified atom stereocenters. The van der Waals surface area contributed by atoms with E-state index in [1.807, 2.05) is 19.9 Å². The summed E-state index contributed by atoms with van der Waals surface area (Å²) in [6.45, 7) is 3.82. The Morgan fingerprint density at radius 1 is 1.27 bits per heavy atom. The fraction of sp³-hybridized carbons (Fsp3) is 0.500. The van der Waals surface area contributed by atoms with Gasteiger partial charge in [0.1, 0.15) is 6.07 Å². The lowest BCUT2D eigenvalue weighted by Crippen LogP contribution is -2.40. The van der Waals surface area contributed by atoms with Crippen LogP contribution in [0.15, 0.2) is 18.3 Å². The van der Waals surface area contributed by atoms with Crippen LogP contribution in [-0.2, 0) is 14.3 Å². The van der Waals surface area contributed by atoms with E-state index in [1.54, 1.807) is 12.1 Å². The first-order chi connectivity index (χ1) is 10.4.